The molecular weight excluding hydrogens is 404 g/mol. The zero-order valence-electron chi connectivity index (χ0n) is 21.7. The van der Waals surface area contributed by atoms with Crippen LogP contribution < -0.4 is 0 Å². The smallest absolute Gasteiger partial charge is 0.335 e. The minimum Gasteiger partial charge on any atom is -0.478 e. The van der Waals surface area contributed by atoms with Crippen LogP contribution in [0.4, 0.5) is 0 Å². The Morgan fingerprint density at radius 3 is 2.03 bits per heavy atom. The van der Waals surface area contributed by atoms with Gasteiger partial charge in [0.15, 0.2) is 0 Å². The van der Waals surface area contributed by atoms with Crippen LogP contribution in [-0.4, -0.2) is 11.1 Å². The van der Waals surface area contributed by atoms with Crippen LogP contribution in [0.5, 0.6) is 0 Å². The zero-order valence-corrected chi connectivity index (χ0v) is 21.7. The van der Waals surface area contributed by atoms with Crippen LogP contribution >= 0.6 is 0 Å². The molecule has 0 saturated carbocycles. The van der Waals surface area contributed by atoms with Crippen LogP contribution in [0, 0.1) is 5.92 Å². The molecule has 2 aromatic carbocycles. The van der Waals surface area contributed by atoms with Crippen molar-refractivity contribution in [1.82, 2.24) is 0 Å². The molecule has 0 aliphatic heterocycles. The van der Waals surface area contributed by atoms with Crippen molar-refractivity contribution in [2.75, 3.05) is 0 Å². The maximum atomic E-state index is 11.2. The van der Waals surface area contributed by atoms with Crippen molar-refractivity contribution in [3.8, 4) is 0 Å². The largest absolute Gasteiger partial charge is 0.478 e. The molecule has 178 valence electrons. The highest BCUT2D eigenvalue weighted by Gasteiger charge is 2.37. The molecule has 0 bridgehead atoms. The summed E-state index contributed by atoms with van der Waals surface area (Å²) in [6, 6.07) is 12.2. The lowest BCUT2D eigenvalue weighted by Gasteiger charge is -2.42. The first-order chi connectivity index (χ1) is 15.5. The molecule has 1 aliphatic carbocycles. The Bertz CT molecular complexity index is 1020. The van der Waals surface area contributed by atoms with Crippen LogP contribution in [0.3, 0.4) is 0 Å². The molecule has 0 heterocycles. The van der Waals surface area contributed by atoms with E-state index in [2.05, 4.69) is 66.7 Å². The van der Waals surface area contributed by atoms with Crippen LogP contribution in [0.1, 0.15) is 119 Å². The second-order valence-corrected chi connectivity index (χ2v) is 11.3. The van der Waals surface area contributed by atoms with Gasteiger partial charge in [0.1, 0.15) is 0 Å². The highest BCUT2D eigenvalue weighted by molar-refractivity contribution is 5.88. The summed E-state index contributed by atoms with van der Waals surface area (Å²) in [5.74, 6) is -0.114. The molecule has 0 unspecified atom stereocenters. The Balaban J connectivity index is 2.09. The molecule has 0 amide bonds. The van der Waals surface area contributed by atoms with Crippen molar-refractivity contribution in [1.29, 1.82) is 0 Å². The molecule has 0 aromatic heterocycles. The van der Waals surface area contributed by atoms with Crippen molar-refractivity contribution in [2.45, 2.75) is 97.8 Å². The van der Waals surface area contributed by atoms with E-state index in [9.17, 15) is 9.90 Å². The van der Waals surface area contributed by atoms with Gasteiger partial charge >= 0.3 is 5.97 Å². The summed E-state index contributed by atoms with van der Waals surface area (Å²) in [7, 11) is 0. The lowest BCUT2D eigenvalue weighted by Crippen LogP contribution is -2.34. The van der Waals surface area contributed by atoms with Gasteiger partial charge in [0.2, 0.25) is 0 Å². The topological polar surface area (TPSA) is 37.3 Å². The quantitative estimate of drug-likeness (QED) is 0.412. The Morgan fingerprint density at radius 1 is 0.970 bits per heavy atom. The fraction of sp³-hybridized carbons (Fsp3) is 0.516. The number of aryl methyl sites for hydroxylation is 1. The molecule has 33 heavy (non-hydrogen) atoms. The highest BCUT2D eigenvalue weighted by atomic mass is 16.4. The van der Waals surface area contributed by atoms with Crippen LogP contribution in [0.2, 0.25) is 0 Å². The normalized spacial score (nSPS) is 17.2. The van der Waals surface area contributed by atoms with Crippen molar-refractivity contribution in [3.05, 3.63) is 69.8 Å². The van der Waals surface area contributed by atoms with Gasteiger partial charge in [0, 0.05) is 0 Å². The Morgan fingerprint density at radius 2 is 1.52 bits per heavy atom. The number of allylic oxidation sites excluding steroid dienone is 1. The third kappa shape index (κ3) is 5.60. The third-order valence-corrected chi connectivity index (χ3v) is 8.02. The first-order valence-corrected chi connectivity index (χ1v) is 12.7. The van der Waals surface area contributed by atoms with Crippen molar-refractivity contribution in [2.24, 2.45) is 5.92 Å². The van der Waals surface area contributed by atoms with Crippen molar-refractivity contribution < 1.29 is 9.90 Å². The van der Waals surface area contributed by atoms with Crippen LogP contribution in [-0.2, 0) is 17.3 Å². The van der Waals surface area contributed by atoms with E-state index in [1.165, 1.54) is 59.9 Å². The van der Waals surface area contributed by atoms with Crippen molar-refractivity contribution in [3.63, 3.8) is 0 Å². The fourth-order valence-electron chi connectivity index (χ4n) is 5.34. The van der Waals surface area contributed by atoms with Crippen LogP contribution in [0.15, 0.2) is 36.4 Å². The molecule has 3 rings (SSSR count). The second-order valence-electron chi connectivity index (χ2n) is 11.3. The fourth-order valence-corrected chi connectivity index (χ4v) is 5.34. The van der Waals surface area contributed by atoms with Gasteiger partial charge in [-0.25, -0.2) is 4.79 Å². The lowest BCUT2D eigenvalue weighted by molar-refractivity contribution is 0.0697. The number of rotatable bonds is 8. The maximum absolute atomic E-state index is 11.2. The molecule has 2 nitrogen and oxygen atoms in total. The minimum atomic E-state index is -0.884. The van der Waals surface area contributed by atoms with E-state index >= 15 is 0 Å². The summed E-state index contributed by atoms with van der Waals surface area (Å²) in [5.41, 5.74) is 8.84. The average molecular weight is 447 g/mol. The van der Waals surface area contributed by atoms with Gasteiger partial charge in [0.25, 0.3) is 0 Å². The van der Waals surface area contributed by atoms with Crippen molar-refractivity contribution >= 4 is 17.6 Å². The molecule has 1 aliphatic rings. The Kier molecular flexibility index (Phi) is 7.56. The summed E-state index contributed by atoms with van der Waals surface area (Å²) in [4.78, 5) is 11.2. The van der Waals surface area contributed by atoms with Gasteiger partial charge in [0.05, 0.1) is 5.56 Å². The SMILES string of the molecule is CCC(CC)CCc1cc2c(cc1/C(C)=C/c1ccc(C(=O)O)cc1)C(C)(C)CCC2(C)C. The van der Waals surface area contributed by atoms with E-state index in [1.807, 2.05) is 12.1 Å². The third-order valence-electron chi connectivity index (χ3n) is 8.02. The summed E-state index contributed by atoms with van der Waals surface area (Å²) in [5, 5.41) is 9.20. The average Bonchev–Trinajstić information content (AvgIpc) is 2.77. The molecule has 0 saturated heterocycles. The Hall–Kier alpha value is -2.35. The number of carboxylic acids is 1. The predicted molar refractivity (Wildman–Crippen MR) is 141 cm³/mol. The van der Waals surface area contributed by atoms with Gasteiger partial charge < -0.3 is 5.11 Å². The number of aromatic carboxylic acids is 1. The number of carboxylic acid groups (broad SMARTS) is 1. The summed E-state index contributed by atoms with van der Waals surface area (Å²) >= 11 is 0. The lowest BCUT2D eigenvalue weighted by atomic mass is 9.62. The molecule has 0 radical (unpaired) electrons. The Labute approximate surface area is 201 Å². The van der Waals surface area contributed by atoms with Gasteiger partial charge in [-0.3, -0.25) is 0 Å². The number of fused-ring (bicyclic) bond motifs is 1. The summed E-state index contributed by atoms with van der Waals surface area (Å²) in [6.45, 7) is 16.4. The molecule has 0 spiro atoms. The van der Waals surface area contributed by atoms with E-state index in [4.69, 9.17) is 0 Å². The molecule has 0 atom stereocenters. The van der Waals surface area contributed by atoms with E-state index in [-0.39, 0.29) is 10.8 Å². The first kappa shape index (κ1) is 25.3. The van der Waals surface area contributed by atoms with E-state index in [0.29, 0.717) is 5.56 Å². The van der Waals surface area contributed by atoms with E-state index < -0.39 is 5.97 Å². The van der Waals surface area contributed by atoms with E-state index in [0.717, 1.165) is 17.9 Å². The maximum Gasteiger partial charge on any atom is 0.335 e. The standard InChI is InChI=1S/C31H42O2/c1-8-22(9-2)10-15-25-19-27-28(31(6,7)17-16-30(27,4)5)20-26(25)21(3)18-23-11-13-24(14-12-23)29(32)33/h11-14,18-20,22H,8-10,15-17H2,1-7H3,(H,32,33)/b21-18+. The van der Waals surface area contributed by atoms with E-state index in [1.54, 1.807) is 12.1 Å². The number of benzene rings is 2. The van der Waals surface area contributed by atoms with Gasteiger partial charge in [-0.1, -0.05) is 84.7 Å². The highest BCUT2D eigenvalue weighted by Crippen LogP contribution is 2.47. The van der Waals surface area contributed by atoms with Gasteiger partial charge in [-0.05, 0) is 94.9 Å². The molecular formula is C31H42O2. The first-order valence-electron chi connectivity index (χ1n) is 12.7. The van der Waals surface area contributed by atoms with Gasteiger partial charge in [-0.15, -0.1) is 0 Å². The second kappa shape index (κ2) is 9.87. The van der Waals surface area contributed by atoms with Crippen LogP contribution in [0.25, 0.3) is 11.6 Å². The number of carbonyl (C=O) groups is 1. The summed E-state index contributed by atoms with van der Waals surface area (Å²) < 4.78 is 0. The predicted octanol–water partition coefficient (Wildman–Crippen LogP) is 8.66. The monoisotopic (exact) mass is 446 g/mol. The molecule has 2 heteroatoms. The molecule has 2 aromatic rings. The minimum absolute atomic E-state index is 0.178. The molecule has 0 fully saturated rings. The summed E-state index contributed by atoms with van der Waals surface area (Å²) in [6.07, 6.45) is 9.44. The number of hydrogen-bond donors (Lipinski definition) is 1. The molecule has 1 N–H and O–H groups in total. The zero-order chi connectivity index (χ0) is 24.4. The number of hydrogen-bond acceptors (Lipinski definition) is 1. The van der Waals surface area contributed by atoms with Gasteiger partial charge in [-0.2, -0.15) is 0 Å².